The number of carbonyl (C=O) groups excluding carboxylic acids is 1. The number of carboxylic acids is 1. The molecular weight excluding hydrogens is 427 g/mol. The molecule has 0 aliphatic carbocycles. The molecule has 0 unspecified atom stereocenters. The van der Waals surface area contributed by atoms with Crippen LogP contribution in [-0.4, -0.2) is 28.7 Å². The Morgan fingerprint density at radius 2 is 1.80 bits per heavy atom. The summed E-state index contributed by atoms with van der Waals surface area (Å²) in [4.78, 5) is 23.7. The lowest BCUT2D eigenvalue weighted by Gasteiger charge is -2.14. The van der Waals surface area contributed by atoms with Crippen molar-refractivity contribution in [3.05, 3.63) is 70.3 Å². The molecule has 30 heavy (non-hydrogen) atoms. The third-order valence-electron chi connectivity index (χ3n) is 4.54. The van der Waals surface area contributed by atoms with E-state index in [-0.39, 0.29) is 18.9 Å². The monoisotopic (exact) mass is 446 g/mol. The van der Waals surface area contributed by atoms with Crippen LogP contribution in [0.1, 0.15) is 12.1 Å². The van der Waals surface area contributed by atoms with Crippen LogP contribution in [-0.2, 0) is 22.6 Å². The van der Waals surface area contributed by atoms with Crippen molar-refractivity contribution in [2.45, 2.75) is 19.4 Å². The first-order valence-corrected chi connectivity index (χ1v) is 9.92. The summed E-state index contributed by atoms with van der Waals surface area (Å²) in [5.74, 6) is -0.645. The number of nitrogens with zero attached hydrogens (tertiary/aromatic N) is 1. The number of aliphatic carboxylic acids is 1. The minimum absolute atomic E-state index is 0.0174. The number of ether oxygens (including phenoxy) is 1. The van der Waals surface area contributed by atoms with Crippen molar-refractivity contribution < 1.29 is 19.4 Å². The van der Waals surface area contributed by atoms with E-state index < -0.39 is 5.97 Å². The Kier molecular flexibility index (Phi) is 7.03. The fourth-order valence-electron chi connectivity index (χ4n) is 3.11. The Morgan fingerprint density at radius 3 is 2.43 bits per heavy atom. The predicted octanol–water partition coefficient (Wildman–Crippen LogP) is 5.13. The molecule has 0 saturated carbocycles. The second kappa shape index (κ2) is 9.69. The summed E-state index contributed by atoms with van der Waals surface area (Å²) in [7, 11) is 1.52. The zero-order valence-corrected chi connectivity index (χ0v) is 17.7. The summed E-state index contributed by atoms with van der Waals surface area (Å²) >= 11 is 12.1. The second-order valence-corrected chi connectivity index (χ2v) is 7.44. The molecule has 1 heterocycles. The van der Waals surface area contributed by atoms with Gasteiger partial charge in [0.05, 0.1) is 18.6 Å². The van der Waals surface area contributed by atoms with Crippen LogP contribution in [0.25, 0.3) is 11.3 Å². The van der Waals surface area contributed by atoms with E-state index >= 15 is 0 Å². The number of hydrogen-bond acceptors (Lipinski definition) is 3. The van der Waals surface area contributed by atoms with Crippen molar-refractivity contribution in [2.75, 3.05) is 12.4 Å². The van der Waals surface area contributed by atoms with E-state index in [9.17, 15) is 9.59 Å². The zero-order chi connectivity index (χ0) is 21.7. The van der Waals surface area contributed by atoms with Crippen LogP contribution < -0.4 is 10.1 Å². The van der Waals surface area contributed by atoms with Gasteiger partial charge in [0.2, 0.25) is 5.91 Å². The van der Waals surface area contributed by atoms with Crippen LogP contribution >= 0.6 is 23.2 Å². The van der Waals surface area contributed by atoms with Gasteiger partial charge in [-0.15, -0.1) is 0 Å². The molecule has 156 valence electrons. The van der Waals surface area contributed by atoms with E-state index in [0.29, 0.717) is 27.9 Å². The van der Waals surface area contributed by atoms with Gasteiger partial charge in [-0.25, -0.2) is 0 Å². The normalized spacial score (nSPS) is 10.6. The molecular formula is C22H20Cl2N2O4. The highest BCUT2D eigenvalue weighted by atomic mass is 35.5. The number of aryl methyl sites for hydroxylation is 1. The van der Waals surface area contributed by atoms with Crippen LogP contribution in [0.3, 0.4) is 0 Å². The van der Waals surface area contributed by atoms with E-state index in [0.717, 1.165) is 17.0 Å². The minimum atomic E-state index is -0.895. The van der Waals surface area contributed by atoms with Gasteiger partial charge in [-0.1, -0.05) is 35.3 Å². The summed E-state index contributed by atoms with van der Waals surface area (Å²) < 4.78 is 6.93. The average molecular weight is 447 g/mol. The molecule has 0 atom stereocenters. The fourth-order valence-corrected chi connectivity index (χ4v) is 3.49. The first kappa shape index (κ1) is 21.7. The molecule has 8 heteroatoms. The lowest BCUT2D eigenvalue weighted by molar-refractivity contribution is -0.137. The van der Waals surface area contributed by atoms with Gasteiger partial charge in [0, 0.05) is 22.1 Å². The molecule has 0 fully saturated rings. The van der Waals surface area contributed by atoms with E-state index in [4.69, 9.17) is 33.0 Å². The van der Waals surface area contributed by atoms with Gasteiger partial charge < -0.3 is 19.7 Å². The summed E-state index contributed by atoms with van der Waals surface area (Å²) in [6.07, 6.45) is 0.282. The lowest BCUT2D eigenvalue weighted by atomic mass is 10.1. The molecule has 0 radical (unpaired) electrons. The highest BCUT2D eigenvalue weighted by Gasteiger charge is 2.15. The lowest BCUT2D eigenvalue weighted by Crippen LogP contribution is -2.21. The second-order valence-electron chi connectivity index (χ2n) is 6.59. The molecule has 0 spiro atoms. The minimum Gasteiger partial charge on any atom is -0.495 e. The van der Waals surface area contributed by atoms with Crippen molar-refractivity contribution in [3.63, 3.8) is 0 Å². The number of methoxy groups -OCH3 is 1. The average Bonchev–Trinajstić information content (AvgIpc) is 3.09. The van der Waals surface area contributed by atoms with Gasteiger partial charge in [-0.05, 0) is 54.4 Å². The SMILES string of the molecule is COc1ccc(NC(=O)Cn2c(CCC(=O)O)ccc2-c2ccc(Cl)cc2)cc1Cl. The van der Waals surface area contributed by atoms with Gasteiger partial charge >= 0.3 is 5.97 Å². The number of amides is 1. The van der Waals surface area contributed by atoms with Gasteiger partial charge in [-0.3, -0.25) is 9.59 Å². The largest absolute Gasteiger partial charge is 0.495 e. The van der Waals surface area contributed by atoms with E-state index in [2.05, 4.69) is 5.32 Å². The van der Waals surface area contributed by atoms with Gasteiger partial charge in [0.15, 0.2) is 0 Å². The fraction of sp³-hybridized carbons (Fsp3) is 0.182. The molecule has 2 N–H and O–H groups in total. The predicted molar refractivity (Wildman–Crippen MR) is 117 cm³/mol. The van der Waals surface area contributed by atoms with E-state index in [1.807, 2.05) is 28.8 Å². The highest BCUT2D eigenvalue weighted by molar-refractivity contribution is 6.32. The number of carboxylic acid groups (broad SMARTS) is 1. The summed E-state index contributed by atoms with van der Waals surface area (Å²) in [5.41, 5.74) is 2.97. The van der Waals surface area contributed by atoms with Gasteiger partial charge in [-0.2, -0.15) is 0 Å². The topological polar surface area (TPSA) is 80.6 Å². The molecule has 6 nitrogen and oxygen atoms in total. The van der Waals surface area contributed by atoms with Crippen LogP contribution in [0.2, 0.25) is 10.0 Å². The summed E-state index contributed by atoms with van der Waals surface area (Å²) in [5, 5.41) is 12.9. The molecule has 0 saturated heterocycles. The third-order valence-corrected chi connectivity index (χ3v) is 5.09. The maximum atomic E-state index is 12.7. The molecule has 1 aromatic heterocycles. The van der Waals surface area contributed by atoms with Crippen molar-refractivity contribution in [2.24, 2.45) is 0 Å². The van der Waals surface area contributed by atoms with Gasteiger partial charge in [0.25, 0.3) is 0 Å². The standard InChI is InChI=1S/C22H20Cl2N2O4/c1-30-20-10-6-16(12-18(20)24)25-21(27)13-26-17(8-11-22(28)29)7-9-19(26)14-2-4-15(23)5-3-14/h2-7,9-10,12H,8,11,13H2,1H3,(H,25,27)(H,28,29). The van der Waals surface area contributed by atoms with Crippen molar-refractivity contribution in [1.82, 2.24) is 4.57 Å². The maximum absolute atomic E-state index is 12.7. The number of anilines is 1. The Labute approximate surface area is 184 Å². The van der Waals surface area contributed by atoms with Crippen LogP contribution in [0.15, 0.2) is 54.6 Å². The molecule has 0 aliphatic rings. The molecule has 1 amide bonds. The van der Waals surface area contributed by atoms with Crippen molar-refractivity contribution in [1.29, 1.82) is 0 Å². The van der Waals surface area contributed by atoms with Gasteiger partial charge in [0.1, 0.15) is 12.3 Å². The maximum Gasteiger partial charge on any atom is 0.303 e. The number of carbonyl (C=O) groups is 2. The zero-order valence-electron chi connectivity index (χ0n) is 16.2. The molecule has 2 aromatic carbocycles. The van der Waals surface area contributed by atoms with Crippen LogP contribution in [0.5, 0.6) is 5.75 Å². The third kappa shape index (κ3) is 5.34. The molecule has 3 aromatic rings. The Balaban J connectivity index is 1.85. The van der Waals surface area contributed by atoms with Crippen LogP contribution in [0, 0.1) is 0 Å². The number of aromatic nitrogens is 1. The first-order chi connectivity index (χ1) is 14.4. The Hall–Kier alpha value is -2.96. The molecule has 0 bridgehead atoms. The van der Waals surface area contributed by atoms with Crippen molar-refractivity contribution in [3.8, 4) is 17.0 Å². The Bertz CT molecular complexity index is 1060. The van der Waals surface area contributed by atoms with E-state index in [1.165, 1.54) is 7.11 Å². The van der Waals surface area contributed by atoms with Crippen molar-refractivity contribution >= 4 is 40.8 Å². The smallest absolute Gasteiger partial charge is 0.303 e. The highest BCUT2D eigenvalue weighted by Crippen LogP contribution is 2.28. The number of benzene rings is 2. The summed E-state index contributed by atoms with van der Waals surface area (Å²) in [6, 6.07) is 15.9. The number of nitrogens with one attached hydrogen (secondary N) is 1. The first-order valence-electron chi connectivity index (χ1n) is 9.17. The molecule has 0 aliphatic heterocycles. The van der Waals surface area contributed by atoms with Crippen LogP contribution in [0.4, 0.5) is 5.69 Å². The quantitative estimate of drug-likeness (QED) is 0.502. The number of hydrogen-bond donors (Lipinski definition) is 2. The Morgan fingerprint density at radius 1 is 1.07 bits per heavy atom. The molecule has 3 rings (SSSR count). The summed E-state index contributed by atoms with van der Waals surface area (Å²) in [6.45, 7) is 0.0174. The number of rotatable bonds is 8. The number of halogens is 2. The van der Waals surface area contributed by atoms with E-state index in [1.54, 1.807) is 30.3 Å².